The third-order valence-corrected chi connectivity index (χ3v) is 2.34. The molecule has 0 aliphatic heterocycles. The summed E-state index contributed by atoms with van der Waals surface area (Å²) in [5, 5.41) is 11.3. The van der Waals surface area contributed by atoms with Gasteiger partial charge in [-0.3, -0.25) is 9.59 Å². The van der Waals surface area contributed by atoms with E-state index in [1.165, 1.54) is 0 Å². The minimum Gasteiger partial charge on any atom is -0.480 e. The summed E-state index contributed by atoms with van der Waals surface area (Å²) in [7, 11) is 0. The smallest absolute Gasteiger partial charge is 0.320 e. The van der Waals surface area contributed by atoms with E-state index in [9.17, 15) is 9.59 Å². The van der Waals surface area contributed by atoms with E-state index in [1.54, 1.807) is 0 Å². The highest BCUT2D eigenvalue weighted by atomic mass is 16.4. The molecule has 0 aromatic carbocycles. The largest absolute Gasteiger partial charge is 0.480 e. The molecule has 0 fully saturated rings. The maximum absolute atomic E-state index is 11.2. The van der Waals surface area contributed by atoms with Crippen molar-refractivity contribution in [2.24, 2.45) is 5.73 Å². The molecule has 0 aliphatic carbocycles. The molecule has 0 bridgehead atoms. The fraction of sp³-hybridized carbons (Fsp3) is 0.818. The van der Waals surface area contributed by atoms with Gasteiger partial charge in [0.25, 0.3) is 0 Å². The Morgan fingerprint density at radius 1 is 1.31 bits per heavy atom. The first kappa shape index (κ1) is 14.9. The summed E-state index contributed by atoms with van der Waals surface area (Å²) in [6, 6.07) is -0.782. The second-order valence-corrected chi connectivity index (χ2v) is 3.89. The number of hydrogen-bond acceptors (Lipinski definition) is 3. The third kappa shape index (κ3) is 8.23. The summed E-state index contributed by atoms with van der Waals surface area (Å²) >= 11 is 0. The maximum Gasteiger partial charge on any atom is 0.320 e. The molecule has 0 unspecified atom stereocenters. The van der Waals surface area contributed by atoms with E-state index in [0.29, 0.717) is 19.4 Å². The van der Waals surface area contributed by atoms with Crippen LogP contribution in [0.4, 0.5) is 0 Å². The Bertz CT molecular complexity index is 219. The zero-order valence-corrected chi connectivity index (χ0v) is 9.87. The summed E-state index contributed by atoms with van der Waals surface area (Å²) in [6.07, 6.45) is 4.46. The van der Waals surface area contributed by atoms with Crippen molar-refractivity contribution in [3.63, 3.8) is 0 Å². The molecule has 16 heavy (non-hydrogen) atoms. The highest BCUT2D eigenvalue weighted by molar-refractivity contribution is 5.75. The summed E-state index contributed by atoms with van der Waals surface area (Å²) in [5.41, 5.74) is 5.34. The summed E-state index contributed by atoms with van der Waals surface area (Å²) in [5.74, 6) is -0.892. The second kappa shape index (κ2) is 9.15. The summed E-state index contributed by atoms with van der Waals surface area (Å²) in [4.78, 5) is 21.6. The van der Waals surface area contributed by atoms with Crippen molar-refractivity contribution in [3.8, 4) is 0 Å². The molecule has 0 saturated heterocycles. The van der Waals surface area contributed by atoms with E-state index in [4.69, 9.17) is 10.8 Å². The number of carboxylic acid groups (broad SMARTS) is 1. The van der Waals surface area contributed by atoms with Crippen LogP contribution < -0.4 is 11.1 Å². The van der Waals surface area contributed by atoms with Crippen LogP contribution in [0.15, 0.2) is 0 Å². The summed E-state index contributed by atoms with van der Waals surface area (Å²) in [6.45, 7) is 2.65. The van der Waals surface area contributed by atoms with Crippen molar-refractivity contribution in [2.45, 2.75) is 51.5 Å². The van der Waals surface area contributed by atoms with Crippen LogP contribution in [-0.4, -0.2) is 29.6 Å². The molecule has 0 saturated carbocycles. The Labute approximate surface area is 96.4 Å². The van der Waals surface area contributed by atoms with Crippen molar-refractivity contribution in [1.29, 1.82) is 0 Å². The lowest BCUT2D eigenvalue weighted by Gasteiger charge is -2.07. The fourth-order valence-corrected chi connectivity index (χ4v) is 1.27. The van der Waals surface area contributed by atoms with Crippen molar-refractivity contribution < 1.29 is 14.7 Å². The first-order valence-corrected chi connectivity index (χ1v) is 5.83. The van der Waals surface area contributed by atoms with Gasteiger partial charge in [-0.05, 0) is 25.7 Å². The van der Waals surface area contributed by atoms with Crippen molar-refractivity contribution >= 4 is 11.9 Å². The van der Waals surface area contributed by atoms with Gasteiger partial charge in [-0.25, -0.2) is 0 Å². The van der Waals surface area contributed by atoms with Gasteiger partial charge in [-0.1, -0.05) is 13.3 Å². The molecule has 4 N–H and O–H groups in total. The molecular formula is C11H22N2O3. The number of carboxylic acids is 1. The van der Waals surface area contributed by atoms with Crippen LogP contribution >= 0.6 is 0 Å². The van der Waals surface area contributed by atoms with Crippen molar-refractivity contribution in [3.05, 3.63) is 0 Å². The lowest BCUT2D eigenvalue weighted by Crippen LogP contribution is -2.30. The molecule has 1 atom stereocenters. The molecule has 0 aromatic heterocycles. The monoisotopic (exact) mass is 230 g/mol. The van der Waals surface area contributed by atoms with Crippen LogP contribution in [-0.2, 0) is 9.59 Å². The number of amides is 1. The Morgan fingerprint density at radius 3 is 2.56 bits per heavy atom. The van der Waals surface area contributed by atoms with Crippen LogP contribution in [0.5, 0.6) is 0 Å². The number of hydrogen-bond donors (Lipinski definition) is 3. The molecule has 0 spiro atoms. The minimum absolute atomic E-state index is 0.0735. The number of carbonyl (C=O) groups excluding carboxylic acids is 1. The van der Waals surface area contributed by atoms with Gasteiger partial charge in [-0.15, -0.1) is 0 Å². The normalized spacial score (nSPS) is 12.1. The van der Waals surface area contributed by atoms with Gasteiger partial charge in [0.05, 0.1) is 0 Å². The van der Waals surface area contributed by atoms with E-state index in [1.807, 2.05) is 6.92 Å². The Balaban J connectivity index is 3.33. The molecule has 0 radical (unpaired) electrons. The van der Waals surface area contributed by atoms with E-state index < -0.39 is 12.0 Å². The Hall–Kier alpha value is -1.10. The molecule has 5 nitrogen and oxygen atoms in total. The number of carbonyl (C=O) groups is 2. The summed E-state index contributed by atoms with van der Waals surface area (Å²) < 4.78 is 0. The van der Waals surface area contributed by atoms with Gasteiger partial charge >= 0.3 is 5.97 Å². The molecule has 5 heteroatoms. The highest BCUT2D eigenvalue weighted by Crippen LogP contribution is 1.99. The number of nitrogens with one attached hydrogen (secondary N) is 1. The van der Waals surface area contributed by atoms with E-state index >= 15 is 0 Å². The van der Waals surface area contributed by atoms with Crippen molar-refractivity contribution in [1.82, 2.24) is 5.32 Å². The molecule has 0 rings (SSSR count). The van der Waals surface area contributed by atoms with E-state index in [-0.39, 0.29) is 5.91 Å². The second-order valence-electron chi connectivity index (χ2n) is 3.89. The average Bonchev–Trinajstić information content (AvgIpc) is 2.25. The number of rotatable bonds is 9. The number of nitrogens with two attached hydrogens (primary N) is 1. The zero-order chi connectivity index (χ0) is 12.4. The maximum atomic E-state index is 11.2. The van der Waals surface area contributed by atoms with Gasteiger partial charge in [-0.2, -0.15) is 0 Å². The molecular weight excluding hydrogens is 208 g/mol. The quantitative estimate of drug-likeness (QED) is 0.512. The van der Waals surface area contributed by atoms with Crippen LogP contribution in [0.1, 0.15) is 45.4 Å². The first-order chi connectivity index (χ1) is 7.57. The van der Waals surface area contributed by atoms with Gasteiger partial charge in [0, 0.05) is 13.0 Å². The van der Waals surface area contributed by atoms with Crippen LogP contribution in [0.3, 0.4) is 0 Å². The van der Waals surface area contributed by atoms with Crippen LogP contribution in [0.2, 0.25) is 0 Å². The molecule has 0 aromatic rings. The lowest BCUT2D eigenvalue weighted by molar-refractivity contribution is -0.138. The standard InChI is InChI=1S/C11H22N2O3/c1-2-3-7-10(14)13-8-5-4-6-9(12)11(15)16/h9H,2-8,12H2,1H3,(H,13,14)(H,15,16)/t9-/m0/s1. The number of aliphatic carboxylic acids is 1. The Kier molecular flexibility index (Phi) is 8.52. The topological polar surface area (TPSA) is 92.4 Å². The fourth-order valence-electron chi connectivity index (χ4n) is 1.27. The Morgan fingerprint density at radius 2 is 2.00 bits per heavy atom. The zero-order valence-electron chi connectivity index (χ0n) is 9.87. The molecule has 94 valence electrons. The first-order valence-electron chi connectivity index (χ1n) is 5.83. The van der Waals surface area contributed by atoms with Gasteiger partial charge in [0.1, 0.15) is 6.04 Å². The highest BCUT2D eigenvalue weighted by Gasteiger charge is 2.09. The lowest BCUT2D eigenvalue weighted by atomic mass is 10.1. The van der Waals surface area contributed by atoms with Crippen molar-refractivity contribution in [2.75, 3.05) is 6.54 Å². The van der Waals surface area contributed by atoms with Crippen LogP contribution in [0.25, 0.3) is 0 Å². The van der Waals surface area contributed by atoms with E-state index in [0.717, 1.165) is 25.7 Å². The van der Waals surface area contributed by atoms with Crippen LogP contribution in [0, 0.1) is 0 Å². The molecule has 0 aliphatic rings. The third-order valence-electron chi connectivity index (χ3n) is 2.34. The predicted octanol–water partition coefficient (Wildman–Crippen LogP) is 0.875. The van der Waals surface area contributed by atoms with Gasteiger partial charge in [0.2, 0.25) is 5.91 Å². The predicted molar refractivity (Wildman–Crippen MR) is 62.0 cm³/mol. The SMILES string of the molecule is CCCCC(=O)NCCCC[C@H](N)C(=O)O. The van der Waals surface area contributed by atoms with Gasteiger partial charge < -0.3 is 16.2 Å². The van der Waals surface area contributed by atoms with Gasteiger partial charge in [0.15, 0.2) is 0 Å². The molecule has 1 amide bonds. The van der Waals surface area contributed by atoms with E-state index in [2.05, 4.69) is 5.32 Å². The minimum atomic E-state index is -0.966. The number of unbranched alkanes of at least 4 members (excludes halogenated alkanes) is 2. The molecule has 0 heterocycles. The average molecular weight is 230 g/mol.